The molecule has 6 nitrogen and oxygen atoms in total. The average Bonchev–Trinajstić information content (AvgIpc) is 2.74. The molecule has 2 aromatic rings. The van der Waals surface area contributed by atoms with Gasteiger partial charge in [-0.15, -0.1) is 0 Å². The molecule has 0 saturated carbocycles. The number of hydrogen-bond donors (Lipinski definition) is 1. The summed E-state index contributed by atoms with van der Waals surface area (Å²) in [6, 6.07) is 16.1. The Bertz CT molecular complexity index is 666. The molecule has 7 heteroatoms. The van der Waals surface area contributed by atoms with E-state index in [1.807, 2.05) is 48.7 Å². The summed E-state index contributed by atoms with van der Waals surface area (Å²) >= 11 is 1.77. The fourth-order valence-corrected chi connectivity index (χ4v) is 3.92. The Morgan fingerprint density at radius 1 is 1.11 bits per heavy atom. The van der Waals surface area contributed by atoms with Gasteiger partial charge >= 0.3 is 0 Å². The highest BCUT2D eigenvalue weighted by Crippen LogP contribution is 2.18. The summed E-state index contributed by atoms with van der Waals surface area (Å²) in [5.74, 6) is 1.84. The van der Waals surface area contributed by atoms with Crippen molar-refractivity contribution < 1.29 is 9.53 Å². The Balaban J connectivity index is 1.37. The third-order valence-corrected chi connectivity index (χ3v) is 5.69. The smallest absolute Gasteiger partial charge is 0.207 e. The Labute approximate surface area is 165 Å². The molecule has 0 spiro atoms. The van der Waals surface area contributed by atoms with Crippen LogP contribution in [0.2, 0.25) is 0 Å². The lowest BCUT2D eigenvalue weighted by atomic mass is 10.2. The molecule has 27 heavy (non-hydrogen) atoms. The van der Waals surface area contributed by atoms with E-state index in [2.05, 4.69) is 25.6 Å². The molecule has 144 valence electrons. The van der Waals surface area contributed by atoms with Gasteiger partial charge in [-0.2, -0.15) is 0 Å². The van der Waals surface area contributed by atoms with Crippen molar-refractivity contribution in [2.75, 3.05) is 43.4 Å². The van der Waals surface area contributed by atoms with Crippen LogP contribution in [-0.2, 0) is 16.1 Å². The van der Waals surface area contributed by atoms with E-state index in [9.17, 15) is 4.79 Å². The number of pyridine rings is 1. The highest BCUT2D eigenvalue weighted by molar-refractivity contribution is 7.97. The third kappa shape index (κ3) is 6.53. The van der Waals surface area contributed by atoms with E-state index in [0.717, 1.165) is 49.7 Å². The Morgan fingerprint density at radius 3 is 2.59 bits per heavy atom. The minimum Gasteiger partial charge on any atom is -0.375 e. The molecule has 1 aliphatic heterocycles. The Kier molecular flexibility index (Phi) is 7.95. The number of carbonyl (C=O) groups excluding carboxylic acids is 1. The van der Waals surface area contributed by atoms with Crippen molar-refractivity contribution in [3.63, 3.8) is 0 Å². The number of carbonyl (C=O) groups is 1. The summed E-state index contributed by atoms with van der Waals surface area (Å²) in [7, 11) is 0. The third-order valence-electron chi connectivity index (χ3n) is 4.40. The summed E-state index contributed by atoms with van der Waals surface area (Å²) in [6.45, 7) is 4.93. The number of nitrogens with one attached hydrogen (secondary N) is 1. The molecule has 1 aromatic carbocycles. The summed E-state index contributed by atoms with van der Waals surface area (Å²) in [5, 5.41) is 2.87. The molecular formula is C20H26N4O2S. The van der Waals surface area contributed by atoms with Crippen LogP contribution in [0.25, 0.3) is 0 Å². The second-order valence-corrected chi connectivity index (χ2v) is 7.49. The van der Waals surface area contributed by atoms with Gasteiger partial charge in [-0.3, -0.25) is 4.79 Å². The summed E-state index contributed by atoms with van der Waals surface area (Å²) in [4.78, 5) is 17.6. The number of amides is 1. The number of hydrogen-bond acceptors (Lipinski definition) is 6. The van der Waals surface area contributed by atoms with Crippen molar-refractivity contribution >= 4 is 24.2 Å². The van der Waals surface area contributed by atoms with Gasteiger partial charge in [0.1, 0.15) is 5.82 Å². The average molecular weight is 387 g/mol. The second kappa shape index (κ2) is 10.9. The van der Waals surface area contributed by atoms with E-state index in [1.54, 1.807) is 11.9 Å². The zero-order valence-electron chi connectivity index (χ0n) is 15.4. The van der Waals surface area contributed by atoms with Gasteiger partial charge in [0.25, 0.3) is 0 Å². The second-order valence-electron chi connectivity index (χ2n) is 6.38. The fraction of sp³-hybridized carbons (Fsp3) is 0.400. The molecule has 1 saturated heterocycles. The number of piperazine rings is 1. The molecule has 1 aliphatic rings. The molecule has 0 aliphatic carbocycles. The van der Waals surface area contributed by atoms with Gasteiger partial charge in [-0.05, 0) is 17.7 Å². The molecule has 2 heterocycles. The van der Waals surface area contributed by atoms with E-state index < -0.39 is 0 Å². The summed E-state index contributed by atoms with van der Waals surface area (Å²) in [6.07, 6.45) is 2.59. The van der Waals surface area contributed by atoms with Gasteiger partial charge < -0.3 is 15.0 Å². The van der Waals surface area contributed by atoms with Crippen LogP contribution >= 0.6 is 11.9 Å². The highest BCUT2D eigenvalue weighted by Gasteiger charge is 2.19. The van der Waals surface area contributed by atoms with Crippen molar-refractivity contribution in [2.45, 2.75) is 12.6 Å². The number of anilines is 1. The molecule has 3 rings (SSSR count). The zero-order valence-corrected chi connectivity index (χ0v) is 16.2. The lowest BCUT2D eigenvalue weighted by Gasteiger charge is -2.35. The summed E-state index contributed by atoms with van der Waals surface area (Å²) < 4.78 is 8.14. The quantitative estimate of drug-likeness (QED) is 0.499. The van der Waals surface area contributed by atoms with Crippen molar-refractivity contribution in [1.29, 1.82) is 0 Å². The number of ether oxygens (including phenoxy) is 1. The number of aromatic nitrogens is 1. The fourth-order valence-electron chi connectivity index (χ4n) is 2.92. The molecular weight excluding hydrogens is 360 g/mol. The van der Waals surface area contributed by atoms with Gasteiger partial charge in [0.05, 0.1) is 19.3 Å². The highest BCUT2D eigenvalue weighted by atomic mass is 32.2. The molecule has 1 unspecified atom stereocenters. The van der Waals surface area contributed by atoms with Gasteiger partial charge in [-0.25, -0.2) is 9.29 Å². The largest absolute Gasteiger partial charge is 0.375 e. The SMILES string of the molecule is O=CNC(COCc1ccccc1)CSN1CCN(c2ccccn2)CC1. The van der Waals surface area contributed by atoms with Crippen molar-refractivity contribution in [3.05, 3.63) is 60.3 Å². The van der Waals surface area contributed by atoms with Crippen LogP contribution in [0.15, 0.2) is 54.7 Å². The predicted octanol–water partition coefficient (Wildman–Crippen LogP) is 2.18. The molecule has 1 atom stereocenters. The molecule has 1 fully saturated rings. The van der Waals surface area contributed by atoms with E-state index in [-0.39, 0.29) is 6.04 Å². The van der Waals surface area contributed by atoms with Crippen LogP contribution in [0.4, 0.5) is 5.82 Å². The van der Waals surface area contributed by atoms with Crippen LogP contribution in [0.3, 0.4) is 0 Å². The predicted molar refractivity (Wildman–Crippen MR) is 110 cm³/mol. The maximum Gasteiger partial charge on any atom is 0.207 e. The minimum atomic E-state index is 0.00466. The van der Waals surface area contributed by atoms with Crippen LogP contribution < -0.4 is 10.2 Å². The van der Waals surface area contributed by atoms with Crippen LogP contribution in [0.1, 0.15) is 5.56 Å². The zero-order chi connectivity index (χ0) is 18.7. The topological polar surface area (TPSA) is 57.7 Å². The maximum atomic E-state index is 10.9. The Hall–Kier alpha value is -2.09. The molecule has 1 aromatic heterocycles. The van der Waals surface area contributed by atoms with Gasteiger partial charge in [0, 0.05) is 38.1 Å². The lowest BCUT2D eigenvalue weighted by Crippen LogP contribution is -2.45. The first-order valence-corrected chi connectivity index (χ1v) is 10.1. The van der Waals surface area contributed by atoms with Crippen molar-refractivity contribution in [1.82, 2.24) is 14.6 Å². The van der Waals surface area contributed by atoms with Crippen LogP contribution in [0, 0.1) is 0 Å². The van der Waals surface area contributed by atoms with E-state index in [4.69, 9.17) is 4.74 Å². The molecule has 1 N–H and O–H groups in total. The molecule has 0 radical (unpaired) electrons. The molecule has 0 bridgehead atoms. The first-order chi connectivity index (χ1) is 13.3. The minimum absolute atomic E-state index is 0.00466. The number of rotatable bonds is 10. The standard InChI is InChI=1S/C20H26N4O2S/c25-17-22-19(15-26-14-18-6-2-1-3-7-18)16-27-24-12-10-23(11-13-24)20-8-4-5-9-21-20/h1-9,17,19H,10-16H2,(H,22,25). The Morgan fingerprint density at radius 2 is 1.89 bits per heavy atom. The monoisotopic (exact) mass is 386 g/mol. The van der Waals surface area contributed by atoms with E-state index in [0.29, 0.717) is 13.2 Å². The summed E-state index contributed by atoms with van der Waals surface area (Å²) in [5.41, 5.74) is 1.14. The first-order valence-electron chi connectivity index (χ1n) is 9.20. The van der Waals surface area contributed by atoms with Crippen LogP contribution in [0.5, 0.6) is 0 Å². The number of benzene rings is 1. The normalized spacial score (nSPS) is 16.1. The van der Waals surface area contributed by atoms with Gasteiger partial charge in [0.2, 0.25) is 6.41 Å². The van der Waals surface area contributed by atoms with E-state index in [1.165, 1.54) is 0 Å². The lowest BCUT2D eigenvalue weighted by molar-refractivity contribution is -0.110. The van der Waals surface area contributed by atoms with Crippen molar-refractivity contribution in [2.24, 2.45) is 0 Å². The van der Waals surface area contributed by atoms with Crippen molar-refractivity contribution in [3.8, 4) is 0 Å². The van der Waals surface area contributed by atoms with E-state index >= 15 is 0 Å². The molecule has 1 amide bonds. The maximum absolute atomic E-state index is 10.9. The number of nitrogens with zero attached hydrogens (tertiary/aromatic N) is 3. The van der Waals surface area contributed by atoms with Gasteiger partial charge in [-0.1, -0.05) is 48.3 Å². The first kappa shape index (κ1) is 19.7. The van der Waals surface area contributed by atoms with Gasteiger partial charge in [0.15, 0.2) is 0 Å². The van der Waals surface area contributed by atoms with Crippen LogP contribution in [-0.4, -0.2) is 60.3 Å².